The lowest BCUT2D eigenvalue weighted by molar-refractivity contribution is -0.146. The highest BCUT2D eigenvalue weighted by atomic mass is 16.5. The van der Waals surface area contributed by atoms with E-state index in [0.717, 1.165) is 25.7 Å². The molecule has 1 spiro atoms. The largest absolute Gasteiger partial charge is 0.497 e. The van der Waals surface area contributed by atoms with Crippen LogP contribution in [0.15, 0.2) is 18.2 Å². The van der Waals surface area contributed by atoms with Crippen molar-refractivity contribution in [1.29, 1.82) is 0 Å². The smallest absolute Gasteiger partial charge is 0.258 e. The van der Waals surface area contributed by atoms with Crippen molar-refractivity contribution in [1.82, 2.24) is 10.6 Å². The standard InChI is InChI=1S/C22H30N2O5/c1-3-28-10-4-9-23-20(25)18-11-15-6-5-14(18)13-22(15)24-21(26)17-8-7-16(27-2)12-19(17)29-22/h7-8,12,14-15,18H,3-6,9-11,13H2,1-2H3,(H,23,25)(H,24,26)/t14-,15+,18+,22-/m0/s1. The predicted molar refractivity (Wildman–Crippen MR) is 107 cm³/mol. The lowest BCUT2D eigenvalue weighted by Gasteiger charge is -2.55. The molecule has 7 heteroatoms. The Kier molecular flexibility index (Phi) is 5.67. The maximum Gasteiger partial charge on any atom is 0.258 e. The number of ether oxygens (including phenoxy) is 3. The first-order chi connectivity index (χ1) is 14.1. The fourth-order valence-electron chi connectivity index (χ4n) is 5.10. The van der Waals surface area contributed by atoms with E-state index in [2.05, 4.69) is 10.6 Å². The van der Waals surface area contributed by atoms with Gasteiger partial charge in [0.1, 0.15) is 11.5 Å². The van der Waals surface area contributed by atoms with Crippen molar-refractivity contribution in [3.8, 4) is 11.5 Å². The molecule has 4 atom stereocenters. The van der Waals surface area contributed by atoms with Gasteiger partial charge in [0.25, 0.3) is 5.91 Å². The van der Waals surface area contributed by atoms with Crippen LogP contribution >= 0.6 is 0 Å². The second-order valence-corrected chi connectivity index (χ2v) is 8.23. The molecule has 3 aliphatic carbocycles. The number of benzene rings is 1. The molecule has 3 saturated carbocycles. The van der Waals surface area contributed by atoms with Gasteiger partial charge in [0, 0.05) is 44.1 Å². The molecule has 0 radical (unpaired) electrons. The van der Waals surface area contributed by atoms with Crippen molar-refractivity contribution in [2.24, 2.45) is 17.8 Å². The van der Waals surface area contributed by atoms with Gasteiger partial charge in [-0.05, 0) is 50.7 Å². The van der Waals surface area contributed by atoms with Gasteiger partial charge in [-0.1, -0.05) is 0 Å². The first-order valence-corrected chi connectivity index (χ1v) is 10.6. The zero-order valence-corrected chi connectivity index (χ0v) is 17.2. The first-order valence-electron chi connectivity index (χ1n) is 10.6. The van der Waals surface area contributed by atoms with Gasteiger partial charge in [-0.2, -0.15) is 0 Å². The summed E-state index contributed by atoms with van der Waals surface area (Å²) in [7, 11) is 1.60. The van der Waals surface area contributed by atoms with Crippen molar-refractivity contribution >= 4 is 11.8 Å². The van der Waals surface area contributed by atoms with E-state index in [0.29, 0.717) is 43.2 Å². The second-order valence-electron chi connectivity index (χ2n) is 8.23. The Morgan fingerprint density at radius 2 is 2.24 bits per heavy atom. The highest BCUT2D eigenvalue weighted by Gasteiger charge is 2.57. The first kappa shape index (κ1) is 20.0. The summed E-state index contributed by atoms with van der Waals surface area (Å²) >= 11 is 0. The van der Waals surface area contributed by atoms with Gasteiger partial charge < -0.3 is 24.8 Å². The van der Waals surface area contributed by atoms with E-state index in [-0.39, 0.29) is 29.6 Å². The number of carbonyl (C=O) groups is 2. The molecule has 2 bridgehead atoms. The molecule has 1 aliphatic heterocycles. The number of nitrogens with one attached hydrogen (secondary N) is 2. The molecule has 1 heterocycles. The van der Waals surface area contributed by atoms with Crippen LogP contribution in [0.2, 0.25) is 0 Å². The highest BCUT2D eigenvalue weighted by Crippen LogP contribution is 2.52. The summed E-state index contributed by atoms with van der Waals surface area (Å²) in [5.74, 6) is 1.55. The van der Waals surface area contributed by atoms with Crippen LogP contribution in [-0.2, 0) is 9.53 Å². The minimum atomic E-state index is -0.717. The summed E-state index contributed by atoms with van der Waals surface area (Å²) in [6.07, 6.45) is 4.17. The molecule has 1 aromatic rings. The molecule has 7 nitrogen and oxygen atoms in total. The van der Waals surface area contributed by atoms with E-state index in [9.17, 15) is 9.59 Å². The van der Waals surface area contributed by atoms with E-state index in [1.54, 1.807) is 25.3 Å². The summed E-state index contributed by atoms with van der Waals surface area (Å²) in [6.45, 7) is 3.97. The molecule has 2 N–H and O–H groups in total. The minimum absolute atomic E-state index is 0.0151. The molecule has 0 saturated heterocycles. The minimum Gasteiger partial charge on any atom is -0.497 e. The lowest BCUT2D eigenvalue weighted by atomic mass is 9.60. The predicted octanol–water partition coefficient (Wildman–Crippen LogP) is 2.49. The Morgan fingerprint density at radius 3 is 2.97 bits per heavy atom. The van der Waals surface area contributed by atoms with E-state index in [4.69, 9.17) is 14.2 Å². The quantitative estimate of drug-likeness (QED) is 0.685. The van der Waals surface area contributed by atoms with Gasteiger partial charge in [-0.15, -0.1) is 0 Å². The van der Waals surface area contributed by atoms with Crippen LogP contribution in [0.4, 0.5) is 0 Å². The fourth-order valence-corrected chi connectivity index (χ4v) is 5.10. The number of fused-ring (bicyclic) bond motifs is 3. The number of carbonyl (C=O) groups excluding carboxylic acids is 2. The number of hydrogen-bond acceptors (Lipinski definition) is 5. The Labute approximate surface area is 171 Å². The molecule has 1 aromatic carbocycles. The van der Waals surface area contributed by atoms with Gasteiger partial charge >= 0.3 is 0 Å². The number of hydrogen-bond donors (Lipinski definition) is 2. The van der Waals surface area contributed by atoms with Gasteiger partial charge in [0.15, 0.2) is 5.72 Å². The maximum atomic E-state index is 12.8. The topological polar surface area (TPSA) is 85.9 Å². The molecule has 2 amide bonds. The zero-order valence-electron chi connectivity index (χ0n) is 17.2. The van der Waals surface area contributed by atoms with Crippen LogP contribution in [0.1, 0.15) is 49.4 Å². The van der Waals surface area contributed by atoms with Crippen LogP contribution < -0.4 is 20.1 Å². The summed E-state index contributed by atoms with van der Waals surface area (Å²) in [5.41, 5.74) is -0.188. The van der Waals surface area contributed by atoms with Gasteiger partial charge in [0.2, 0.25) is 5.91 Å². The third-order valence-corrected chi connectivity index (χ3v) is 6.57. The molecule has 158 valence electrons. The third-order valence-electron chi connectivity index (χ3n) is 6.57. The summed E-state index contributed by atoms with van der Waals surface area (Å²) in [6, 6.07) is 5.27. The van der Waals surface area contributed by atoms with Gasteiger partial charge in [0.05, 0.1) is 12.7 Å². The van der Waals surface area contributed by atoms with Crippen molar-refractivity contribution in [2.45, 2.75) is 44.8 Å². The summed E-state index contributed by atoms with van der Waals surface area (Å²) in [4.78, 5) is 25.5. The Hall–Kier alpha value is -2.28. The molecule has 29 heavy (non-hydrogen) atoms. The van der Waals surface area contributed by atoms with Crippen molar-refractivity contribution < 1.29 is 23.8 Å². The molecular formula is C22H30N2O5. The second kappa shape index (κ2) is 8.22. The van der Waals surface area contributed by atoms with Crippen LogP contribution in [0.5, 0.6) is 11.5 Å². The maximum absolute atomic E-state index is 12.8. The highest BCUT2D eigenvalue weighted by molar-refractivity contribution is 5.98. The monoisotopic (exact) mass is 402 g/mol. The summed E-state index contributed by atoms with van der Waals surface area (Å²) in [5, 5.41) is 6.20. The van der Waals surface area contributed by atoms with Crippen molar-refractivity contribution in [3.63, 3.8) is 0 Å². The third kappa shape index (κ3) is 3.80. The molecule has 3 fully saturated rings. The summed E-state index contributed by atoms with van der Waals surface area (Å²) < 4.78 is 17.0. The number of rotatable bonds is 7. The Morgan fingerprint density at radius 1 is 1.38 bits per heavy atom. The normalized spacial score (nSPS) is 29.7. The van der Waals surface area contributed by atoms with E-state index >= 15 is 0 Å². The SMILES string of the molecule is CCOCCCNC(=O)[C@@H]1C[C@H]2CC[C@H]1C[C@@]21NC(=O)c2ccc(OC)cc2O1. The van der Waals surface area contributed by atoms with E-state index in [1.165, 1.54) is 0 Å². The molecular weight excluding hydrogens is 372 g/mol. The Bertz CT molecular complexity index is 782. The van der Waals surface area contributed by atoms with Gasteiger partial charge in [-0.25, -0.2) is 0 Å². The van der Waals surface area contributed by atoms with Crippen LogP contribution in [0, 0.1) is 17.8 Å². The molecule has 4 aliphatic rings. The molecule has 5 rings (SSSR count). The van der Waals surface area contributed by atoms with E-state index in [1.807, 2.05) is 6.92 Å². The van der Waals surface area contributed by atoms with E-state index < -0.39 is 5.72 Å². The van der Waals surface area contributed by atoms with Gasteiger partial charge in [-0.3, -0.25) is 9.59 Å². The van der Waals surface area contributed by atoms with Crippen LogP contribution in [-0.4, -0.2) is 44.4 Å². The van der Waals surface area contributed by atoms with Crippen molar-refractivity contribution in [3.05, 3.63) is 23.8 Å². The van der Waals surface area contributed by atoms with Crippen LogP contribution in [0.3, 0.4) is 0 Å². The zero-order chi connectivity index (χ0) is 20.4. The molecule has 0 unspecified atom stereocenters. The Balaban J connectivity index is 1.43. The van der Waals surface area contributed by atoms with Crippen LogP contribution in [0.25, 0.3) is 0 Å². The molecule has 0 aromatic heterocycles. The average molecular weight is 402 g/mol. The van der Waals surface area contributed by atoms with Crippen molar-refractivity contribution in [2.75, 3.05) is 26.9 Å². The average Bonchev–Trinajstić information content (AvgIpc) is 2.73. The lowest BCUT2D eigenvalue weighted by Crippen LogP contribution is -2.66. The number of methoxy groups -OCH3 is 1. The fraction of sp³-hybridized carbons (Fsp3) is 0.636. The number of amides is 2.